The Morgan fingerprint density at radius 2 is 1.85 bits per heavy atom. The van der Waals surface area contributed by atoms with Gasteiger partial charge in [0, 0.05) is 30.4 Å². The fourth-order valence-corrected chi connectivity index (χ4v) is 4.44. The third-order valence-electron chi connectivity index (χ3n) is 6.37. The van der Waals surface area contributed by atoms with E-state index < -0.39 is 35.7 Å². The summed E-state index contributed by atoms with van der Waals surface area (Å²) in [5, 5.41) is 5.33. The largest absolute Gasteiger partial charge is 0.334 e. The summed E-state index contributed by atoms with van der Waals surface area (Å²) in [4.78, 5) is 43.6. The van der Waals surface area contributed by atoms with Gasteiger partial charge in [0.15, 0.2) is 0 Å². The van der Waals surface area contributed by atoms with Crippen molar-refractivity contribution in [3.63, 3.8) is 0 Å². The number of hydrogen-bond donors (Lipinski definition) is 2. The lowest BCUT2D eigenvalue weighted by atomic mass is 9.92. The van der Waals surface area contributed by atoms with Crippen molar-refractivity contribution >= 4 is 23.5 Å². The number of imide groups is 1. The number of fused-ring (bicyclic) bond motifs is 1. The molecule has 8 nitrogen and oxygen atoms in total. The van der Waals surface area contributed by atoms with Crippen LogP contribution in [0.5, 0.6) is 0 Å². The zero-order chi connectivity index (χ0) is 23.9. The van der Waals surface area contributed by atoms with E-state index in [1.54, 1.807) is 12.1 Å². The number of amides is 4. The van der Waals surface area contributed by atoms with Gasteiger partial charge in [0.25, 0.3) is 5.91 Å². The fraction of sp³-hybridized carbons (Fsp3) is 0.280. The number of imidazole rings is 1. The maximum Gasteiger partial charge on any atom is 0.325 e. The third kappa shape index (κ3) is 3.93. The smallest absolute Gasteiger partial charge is 0.325 e. The summed E-state index contributed by atoms with van der Waals surface area (Å²) in [6, 6.07) is 11.9. The highest BCUT2D eigenvalue weighted by Crippen LogP contribution is 2.29. The van der Waals surface area contributed by atoms with Crippen molar-refractivity contribution in [1.29, 1.82) is 0 Å². The van der Waals surface area contributed by atoms with E-state index in [2.05, 4.69) is 21.4 Å². The quantitative estimate of drug-likeness (QED) is 0.569. The van der Waals surface area contributed by atoms with Crippen LogP contribution in [0.15, 0.2) is 54.7 Å². The molecule has 2 aliphatic rings. The summed E-state index contributed by atoms with van der Waals surface area (Å²) in [5.74, 6) is -0.422. The molecule has 0 aliphatic carbocycles. The number of aromatic nitrogens is 2. The molecule has 3 heterocycles. The van der Waals surface area contributed by atoms with Crippen molar-refractivity contribution in [2.75, 3.05) is 11.9 Å². The maximum absolute atomic E-state index is 13.3. The first-order chi connectivity index (χ1) is 16.3. The molecule has 0 spiro atoms. The summed E-state index contributed by atoms with van der Waals surface area (Å²) in [5.41, 5.74) is 1.47. The summed E-state index contributed by atoms with van der Waals surface area (Å²) < 4.78 is 15.4. The van der Waals surface area contributed by atoms with Crippen LogP contribution >= 0.6 is 0 Å². The molecule has 3 aromatic rings. The molecule has 4 amide bonds. The number of rotatable bonds is 5. The van der Waals surface area contributed by atoms with Crippen LogP contribution in [0.1, 0.15) is 31.2 Å². The van der Waals surface area contributed by atoms with Gasteiger partial charge in [0.2, 0.25) is 5.91 Å². The zero-order valence-electron chi connectivity index (χ0n) is 18.7. The molecule has 2 aromatic carbocycles. The summed E-state index contributed by atoms with van der Waals surface area (Å²) in [6.07, 6.45) is 5.35. The van der Waals surface area contributed by atoms with Gasteiger partial charge in [-0.15, -0.1) is 0 Å². The van der Waals surface area contributed by atoms with Gasteiger partial charge in [-0.05, 0) is 49.6 Å². The second kappa shape index (κ2) is 8.40. The van der Waals surface area contributed by atoms with E-state index in [0.717, 1.165) is 47.8 Å². The molecule has 0 bridgehead atoms. The van der Waals surface area contributed by atoms with Crippen LogP contribution in [0.2, 0.25) is 0 Å². The lowest BCUT2D eigenvalue weighted by Crippen LogP contribution is -2.42. The van der Waals surface area contributed by atoms with Crippen molar-refractivity contribution < 1.29 is 18.8 Å². The van der Waals surface area contributed by atoms with Crippen LogP contribution < -0.4 is 10.6 Å². The number of nitrogens with one attached hydrogen (secondary N) is 2. The second-order valence-corrected chi connectivity index (χ2v) is 8.77. The molecule has 5 rings (SSSR count). The zero-order valence-corrected chi connectivity index (χ0v) is 18.7. The Bertz CT molecular complexity index is 1250. The number of halogens is 1. The molecule has 1 aromatic heterocycles. The average Bonchev–Trinajstić information content (AvgIpc) is 3.35. The maximum atomic E-state index is 13.3. The van der Waals surface area contributed by atoms with Gasteiger partial charge in [-0.3, -0.25) is 14.5 Å². The first kappa shape index (κ1) is 21.8. The minimum Gasteiger partial charge on any atom is -0.334 e. The molecule has 34 heavy (non-hydrogen) atoms. The third-order valence-corrected chi connectivity index (χ3v) is 6.37. The van der Waals surface area contributed by atoms with Crippen molar-refractivity contribution in [3.8, 4) is 11.3 Å². The van der Waals surface area contributed by atoms with Gasteiger partial charge < -0.3 is 15.2 Å². The van der Waals surface area contributed by atoms with Crippen LogP contribution in [-0.2, 0) is 28.1 Å². The molecule has 174 valence electrons. The van der Waals surface area contributed by atoms with E-state index in [0.29, 0.717) is 11.3 Å². The van der Waals surface area contributed by atoms with Crippen molar-refractivity contribution in [1.82, 2.24) is 19.8 Å². The Hall–Kier alpha value is -4.01. The number of carbonyl (C=O) groups is 3. The second-order valence-electron chi connectivity index (χ2n) is 8.77. The molecule has 1 fully saturated rings. The van der Waals surface area contributed by atoms with Crippen LogP contribution in [0.3, 0.4) is 0 Å². The van der Waals surface area contributed by atoms with E-state index >= 15 is 0 Å². The van der Waals surface area contributed by atoms with E-state index in [4.69, 9.17) is 4.98 Å². The fourth-order valence-electron chi connectivity index (χ4n) is 4.44. The molecule has 1 atom stereocenters. The van der Waals surface area contributed by atoms with Gasteiger partial charge in [0.1, 0.15) is 23.7 Å². The van der Waals surface area contributed by atoms with E-state index in [1.165, 1.54) is 31.2 Å². The SMILES string of the molecule is CC1(c2ccc(F)cc2)NC(=O)N(CC(=O)Nc2ccc(-c3cn4c(n3)CCCC4)cc2)C1=O. The molecule has 9 heteroatoms. The van der Waals surface area contributed by atoms with E-state index in [9.17, 15) is 18.8 Å². The molecular formula is C25H24FN5O3. The number of urea groups is 1. The van der Waals surface area contributed by atoms with Gasteiger partial charge in [0.05, 0.1) is 5.69 Å². The van der Waals surface area contributed by atoms with Crippen molar-refractivity contribution in [2.45, 2.75) is 38.3 Å². The summed E-state index contributed by atoms with van der Waals surface area (Å²) in [7, 11) is 0. The summed E-state index contributed by atoms with van der Waals surface area (Å²) in [6.45, 7) is 2.08. The van der Waals surface area contributed by atoms with Crippen molar-refractivity contribution in [3.05, 3.63) is 71.9 Å². The minimum atomic E-state index is -1.36. The Kier molecular flexibility index (Phi) is 5.39. The number of carbonyl (C=O) groups excluding carboxylic acids is 3. The topological polar surface area (TPSA) is 96.3 Å². The molecule has 1 unspecified atom stereocenters. The highest BCUT2D eigenvalue weighted by atomic mass is 19.1. The van der Waals surface area contributed by atoms with Gasteiger partial charge in [-0.1, -0.05) is 24.3 Å². The predicted molar refractivity (Wildman–Crippen MR) is 123 cm³/mol. The molecular weight excluding hydrogens is 437 g/mol. The highest BCUT2D eigenvalue weighted by molar-refractivity contribution is 6.10. The average molecular weight is 461 g/mol. The number of benzene rings is 2. The first-order valence-electron chi connectivity index (χ1n) is 11.2. The lowest BCUT2D eigenvalue weighted by molar-refractivity contribution is -0.133. The molecule has 2 aliphatic heterocycles. The Balaban J connectivity index is 1.24. The van der Waals surface area contributed by atoms with Crippen LogP contribution in [0, 0.1) is 5.82 Å². The summed E-state index contributed by atoms with van der Waals surface area (Å²) >= 11 is 0. The number of anilines is 1. The van der Waals surface area contributed by atoms with Gasteiger partial charge >= 0.3 is 6.03 Å². The Morgan fingerprint density at radius 3 is 2.56 bits per heavy atom. The van der Waals surface area contributed by atoms with E-state index in [1.807, 2.05) is 12.1 Å². The molecule has 0 saturated carbocycles. The predicted octanol–water partition coefficient (Wildman–Crippen LogP) is 3.43. The normalized spacial score (nSPS) is 19.6. The monoisotopic (exact) mass is 461 g/mol. The Labute approximate surface area is 195 Å². The number of aryl methyl sites for hydroxylation is 2. The van der Waals surface area contributed by atoms with Crippen LogP contribution in [0.25, 0.3) is 11.3 Å². The van der Waals surface area contributed by atoms with E-state index in [-0.39, 0.29) is 0 Å². The lowest BCUT2D eigenvalue weighted by Gasteiger charge is -2.22. The Morgan fingerprint density at radius 1 is 1.12 bits per heavy atom. The van der Waals surface area contributed by atoms with Crippen LogP contribution in [-0.4, -0.2) is 38.8 Å². The molecule has 0 radical (unpaired) electrons. The number of hydrogen-bond acceptors (Lipinski definition) is 4. The molecule has 2 N–H and O–H groups in total. The number of nitrogens with zero attached hydrogens (tertiary/aromatic N) is 3. The minimum absolute atomic E-state index is 0.434. The van der Waals surface area contributed by atoms with Crippen molar-refractivity contribution in [2.24, 2.45) is 0 Å². The van der Waals surface area contributed by atoms with Gasteiger partial charge in [-0.25, -0.2) is 14.2 Å². The highest BCUT2D eigenvalue weighted by Gasteiger charge is 2.49. The molecule has 1 saturated heterocycles. The first-order valence-corrected chi connectivity index (χ1v) is 11.2. The van der Waals surface area contributed by atoms with Crippen LogP contribution in [0.4, 0.5) is 14.9 Å². The van der Waals surface area contributed by atoms with Gasteiger partial charge in [-0.2, -0.15) is 0 Å². The standard InChI is InChI=1S/C25H24FN5O3/c1-25(17-7-9-18(26)10-8-17)23(33)31(24(34)29-25)15-22(32)27-19-11-5-16(6-12-19)20-14-30-13-3-2-4-21(30)28-20/h5-12,14H,2-4,13,15H2,1H3,(H,27,32)(H,29,34).